The van der Waals surface area contributed by atoms with Crippen LogP contribution in [0.4, 0.5) is 11.4 Å². The molecule has 0 bridgehead atoms. The Labute approximate surface area is 203 Å². The molecule has 2 fully saturated rings. The summed E-state index contributed by atoms with van der Waals surface area (Å²) in [6.45, 7) is 7.08. The maximum Gasteiger partial charge on any atom is 0.294 e. The fraction of sp³-hybridized carbons (Fsp3) is 0.440. The predicted octanol–water partition coefficient (Wildman–Crippen LogP) is 3.04. The number of carbonyl (C=O) groups excluding carboxylic acids is 1. The number of nitrogens with zero attached hydrogens (tertiary/aromatic N) is 4. The first-order chi connectivity index (χ1) is 16.9. The highest BCUT2D eigenvalue weighted by Gasteiger charge is 2.23. The number of rotatable bonds is 7. The molecule has 1 aromatic heterocycles. The number of ether oxygens (including phenoxy) is 2. The van der Waals surface area contributed by atoms with Crippen LogP contribution in [0.2, 0.25) is 0 Å². The molecule has 0 radical (unpaired) electrons. The van der Waals surface area contributed by atoms with Gasteiger partial charge in [0.2, 0.25) is 0 Å². The van der Waals surface area contributed by atoms with Crippen molar-refractivity contribution < 1.29 is 19.2 Å². The van der Waals surface area contributed by atoms with E-state index in [0.29, 0.717) is 56.4 Å². The zero-order chi connectivity index (χ0) is 24.9. The van der Waals surface area contributed by atoms with Crippen LogP contribution in [0.1, 0.15) is 29.8 Å². The molecule has 184 valence electrons. The number of benzene rings is 1. The van der Waals surface area contributed by atoms with E-state index in [1.54, 1.807) is 18.2 Å². The van der Waals surface area contributed by atoms with Gasteiger partial charge in [0.1, 0.15) is 17.3 Å². The molecule has 2 aliphatic heterocycles. The quantitative estimate of drug-likeness (QED) is 0.280. The van der Waals surface area contributed by atoms with Crippen LogP contribution in [-0.2, 0) is 14.3 Å². The molecule has 10 nitrogen and oxygen atoms in total. The standard InChI is InChI=1S/C25H29N5O5/c1-17-12-19(13-20(15-26)25(31)27-16-22-4-3-9-35-22)18(2)29(17)21-5-6-23(24(14-21)30(32)33)28-7-10-34-11-8-28/h5-6,12-14,22H,3-4,7-11,16H2,1-2H3,(H,27,31)/b20-13+/t22-/m0/s1. The van der Waals surface area contributed by atoms with E-state index in [1.807, 2.05) is 41.5 Å². The second-order valence-corrected chi connectivity index (χ2v) is 8.71. The van der Waals surface area contributed by atoms with Crippen LogP contribution in [0.5, 0.6) is 0 Å². The SMILES string of the molecule is Cc1cc(/C=C(\C#N)C(=O)NC[C@@H]2CCCO2)c(C)n1-c1ccc(N2CCOCC2)c([N+](=O)[O-])c1. The van der Waals surface area contributed by atoms with E-state index in [2.05, 4.69) is 5.32 Å². The van der Waals surface area contributed by atoms with Crippen LogP contribution < -0.4 is 10.2 Å². The molecule has 2 aliphatic rings. The maximum atomic E-state index is 12.6. The largest absolute Gasteiger partial charge is 0.378 e. The molecule has 35 heavy (non-hydrogen) atoms. The monoisotopic (exact) mass is 479 g/mol. The van der Waals surface area contributed by atoms with E-state index in [4.69, 9.17) is 9.47 Å². The number of carbonyl (C=O) groups is 1. The van der Waals surface area contributed by atoms with Crippen molar-refractivity contribution in [2.24, 2.45) is 0 Å². The van der Waals surface area contributed by atoms with Gasteiger partial charge in [-0.1, -0.05) is 0 Å². The van der Waals surface area contributed by atoms with Crippen molar-refractivity contribution in [3.63, 3.8) is 0 Å². The molecule has 1 amide bonds. The topological polar surface area (TPSA) is 123 Å². The van der Waals surface area contributed by atoms with Gasteiger partial charge in [-0.05, 0) is 56.5 Å². The second kappa shape index (κ2) is 10.7. The smallest absolute Gasteiger partial charge is 0.294 e. The van der Waals surface area contributed by atoms with Gasteiger partial charge in [0.25, 0.3) is 11.6 Å². The minimum Gasteiger partial charge on any atom is -0.378 e. The number of nitrogens with one attached hydrogen (secondary N) is 1. The van der Waals surface area contributed by atoms with Crippen LogP contribution >= 0.6 is 0 Å². The number of aromatic nitrogens is 1. The number of amides is 1. The Bertz CT molecular complexity index is 1180. The van der Waals surface area contributed by atoms with Gasteiger partial charge in [-0.25, -0.2) is 0 Å². The Hall–Kier alpha value is -3.68. The van der Waals surface area contributed by atoms with Crippen molar-refractivity contribution in [1.82, 2.24) is 9.88 Å². The molecule has 0 saturated carbocycles. The molecule has 10 heteroatoms. The third-order valence-electron chi connectivity index (χ3n) is 6.42. The summed E-state index contributed by atoms with van der Waals surface area (Å²) < 4.78 is 12.8. The molecule has 2 aromatic rings. The average Bonchev–Trinajstić information content (AvgIpc) is 3.48. The molecule has 0 unspecified atom stereocenters. The van der Waals surface area contributed by atoms with Gasteiger partial charge in [-0.2, -0.15) is 5.26 Å². The number of hydrogen-bond donors (Lipinski definition) is 1. The van der Waals surface area contributed by atoms with Gasteiger partial charge in [-0.3, -0.25) is 14.9 Å². The molecule has 2 saturated heterocycles. The third kappa shape index (κ3) is 5.37. The first kappa shape index (κ1) is 24.4. The molecule has 0 aliphatic carbocycles. The molecule has 3 heterocycles. The summed E-state index contributed by atoms with van der Waals surface area (Å²) in [6.07, 6.45) is 3.41. The number of nitro groups is 1. The van der Waals surface area contributed by atoms with Crippen molar-refractivity contribution >= 4 is 23.4 Å². The van der Waals surface area contributed by atoms with Crippen molar-refractivity contribution in [1.29, 1.82) is 5.26 Å². The van der Waals surface area contributed by atoms with Crippen molar-refractivity contribution in [2.75, 3.05) is 44.4 Å². The Kier molecular flexibility index (Phi) is 7.48. The maximum absolute atomic E-state index is 12.6. The summed E-state index contributed by atoms with van der Waals surface area (Å²) >= 11 is 0. The highest BCUT2D eigenvalue weighted by Crippen LogP contribution is 2.33. The van der Waals surface area contributed by atoms with Gasteiger partial charge >= 0.3 is 0 Å². The Balaban J connectivity index is 1.61. The Morgan fingerprint density at radius 3 is 2.71 bits per heavy atom. The summed E-state index contributed by atoms with van der Waals surface area (Å²) in [4.78, 5) is 26.0. The Morgan fingerprint density at radius 2 is 2.06 bits per heavy atom. The number of aryl methyl sites for hydroxylation is 1. The fourth-order valence-corrected chi connectivity index (χ4v) is 4.61. The number of morpholine rings is 1. The highest BCUT2D eigenvalue weighted by atomic mass is 16.6. The minimum absolute atomic E-state index is 0.00288. The summed E-state index contributed by atoms with van der Waals surface area (Å²) in [7, 11) is 0. The van der Waals surface area contributed by atoms with E-state index in [1.165, 1.54) is 0 Å². The second-order valence-electron chi connectivity index (χ2n) is 8.71. The van der Waals surface area contributed by atoms with Gasteiger partial charge in [0, 0.05) is 43.7 Å². The van der Waals surface area contributed by atoms with Gasteiger partial charge in [0.05, 0.1) is 29.9 Å². The molecular formula is C25H29N5O5. The lowest BCUT2D eigenvalue weighted by molar-refractivity contribution is -0.384. The van der Waals surface area contributed by atoms with E-state index in [0.717, 1.165) is 24.2 Å². The van der Waals surface area contributed by atoms with E-state index >= 15 is 0 Å². The van der Waals surface area contributed by atoms with Gasteiger partial charge < -0.3 is 24.3 Å². The van der Waals surface area contributed by atoms with E-state index in [9.17, 15) is 20.2 Å². The van der Waals surface area contributed by atoms with Crippen molar-refractivity contribution in [3.8, 4) is 11.8 Å². The number of nitro benzene ring substituents is 1. The van der Waals surface area contributed by atoms with Crippen LogP contribution in [-0.4, -0.2) is 61.0 Å². The lowest BCUT2D eigenvalue weighted by Gasteiger charge is -2.28. The first-order valence-electron chi connectivity index (χ1n) is 11.7. The first-order valence-corrected chi connectivity index (χ1v) is 11.7. The van der Waals surface area contributed by atoms with Gasteiger partial charge in [0.15, 0.2) is 0 Å². The highest BCUT2D eigenvalue weighted by molar-refractivity contribution is 6.01. The lowest BCUT2D eigenvalue weighted by Crippen LogP contribution is -2.36. The van der Waals surface area contributed by atoms with Crippen LogP contribution in [0, 0.1) is 35.3 Å². The Morgan fingerprint density at radius 1 is 1.29 bits per heavy atom. The van der Waals surface area contributed by atoms with Crippen molar-refractivity contribution in [2.45, 2.75) is 32.8 Å². The average molecular weight is 480 g/mol. The fourth-order valence-electron chi connectivity index (χ4n) is 4.61. The van der Waals surface area contributed by atoms with Crippen LogP contribution in [0.3, 0.4) is 0 Å². The van der Waals surface area contributed by atoms with Crippen molar-refractivity contribution in [3.05, 3.63) is 56.9 Å². The number of nitriles is 1. The van der Waals surface area contributed by atoms with Crippen LogP contribution in [0.25, 0.3) is 11.8 Å². The van der Waals surface area contributed by atoms with Crippen LogP contribution in [0.15, 0.2) is 29.8 Å². The predicted molar refractivity (Wildman–Crippen MR) is 131 cm³/mol. The molecular weight excluding hydrogens is 450 g/mol. The lowest BCUT2D eigenvalue weighted by atomic mass is 10.1. The number of anilines is 1. The zero-order valence-electron chi connectivity index (χ0n) is 20.0. The molecule has 1 atom stereocenters. The molecule has 4 rings (SSSR count). The summed E-state index contributed by atoms with van der Waals surface area (Å²) in [5.74, 6) is -0.446. The molecule has 0 spiro atoms. The number of hydrogen-bond acceptors (Lipinski definition) is 7. The molecule has 1 aromatic carbocycles. The summed E-state index contributed by atoms with van der Waals surface area (Å²) in [6, 6.07) is 9.04. The minimum atomic E-state index is -0.446. The van der Waals surface area contributed by atoms with E-state index in [-0.39, 0.29) is 22.3 Å². The van der Waals surface area contributed by atoms with E-state index < -0.39 is 5.91 Å². The van der Waals surface area contributed by atoms with Gasteiger partial charge in [-0.15, -0.1) is 0 Å². The zero-order valence-corrected chi connectivity index (χ0v) is 20.0. The normalized spacial score (nSPS) is 18.4. The summed E-state index contributed by atoms with van der Waals surface area (Å²) in [5, 5.41) is 24.2. The third-order valence-corrected chi connectivity index (χ3v) is 6.42. The summed E-state index contributed by atoms with van der Waals surface area (Å²) in [5.41, 5.74) is 3.54. The molecule has 1 N–H and O–H groups in total.